The summed E-state index contributed by atoms with van der Waals surface area (Å²) in [4.78, 5) is 14.5. The van der Waals surface area contributed by atoms with E-state index >= 15 is 0 Å². The summed E-state index contributed by atoms with van der Waals surface area (Å²) in [6.07, 6.45) is 4.27. The van der Waals surface area contributed by atoms with Crippen molar-refractivity contribution in [2.75, 3.05) is 13.2 Å². The van der Waals surface area contributed by atoms with Crippen LogP contribution in [0, 0.1) is 24.6 Å². The van der Waals surface area contributed by atoms with Crippen LogP contribution in [0.2, 0.25) is 0 Å². The number of hydrogen-bond acceptors (Lipinski definition) is 3. The van der Waals surface area contributed by atoms with Gasteiger partial charge in [0.05, 0.1) is 6.61 Å². The molecule has 0 saturated heterocycles. The van der Waals surface area contributed by atoms with E-state index in [4.69, 9.17) is 4.74 Å². The van der Waals surface area contributed by atoms with Crippen LogP contribution in [0.5, 0.6) is 11.5 Å². The Kier molecular flexibility index (Phi) is 5.25. The molecule has 1 N–H and O–H groups in total. The topological polar surface area (TPSA) is 49.8 Å². The highest BCUT2D eigenvalue weighted by Gasteiger charge is 2.31. The molecule has 0 bridgehead atoms. The first kappa shape index (κ1) is 18.8. The Morgan fingerprint density at radius 3 is 2.61 bits per heavy atom. The van der Waals surface area contributed by atoms with E-state index in [0.29, 0.717) is 36.3 Å². The molecule has 0 unspecified atom stereocenters. The van der Waals surface area contributed by atoms with Crippen LogP contribution < -0.4 is 4.74 Å². The number of carbonyl (C=O) groups excluding carboxylic acids is 1. The maximum Gasteiger partial charge on any atom is 0.254 e. The fourth-order valence-electron chi connectivity index (χ4n) is 4.39. The molecule has 0 atom stereocenters. The van der Waals surface area contributed by atoms with Gasteiger partial charge in [0, 0.05) is 24.7 Å². The van der Waals surface area contributed by atoms with Crippen molar-refractivity contribution < 1.29 is 19.0 Å². The van der Waals surface area contributed by atoms with Crippen molar-refractivity contribution in [1.82, 2.24) is 4.90 Å². The highest BCUT2D eigenvalue weighted by Crippen LogP contribution is 2.33. The Hall–Kier alpha value is -2.56. The quantitative estimate of drug-likeness (QED) is 0.816. The molecule has 4 rings (SSSR count). The zero-order valence-electron chi connectivity index (χ0n) is 16.2. The van der Waals surface area contributed by atoms with Gasteiger partial charge in [-0.3, -0.25) is 4.79 Å². The molecule has 2 aliphatic rings. The fraction of sp³-hybridized carbons (Fsp3) is 0.435. The van der Waals surface area contributed by atoms with Gasteiger partial charge in [-0.25, -0.2) is 4.39 Å². The highest BCUT2D eigenvalue weighted by molar-refractivity contribution is 5.98. The van der Waals surface area contributed by atoms with Gasteiger partial charge in [-0.1, -0.05) is 6.07 Å². The summed E-state index contributed by atoms with van der Waals surface area (Å²) < 4.78 is 19.3. The van der Waals surface area contributed by atoms with Crippen molar-refractivity contribution in [3.8, 4) is 11.5 Å². The number of nitrogens with zero attached hydrogens (tertiary/aromatic N) is 1. The molecule has 4 nitrogen and oxygen atoms in total. The zero-order valence-corrected chi connectivity index (χ0v) is 16.2. The van der Waals surface area contributed by atoms with E-state index in [-0.39, 0.29) is 17.5 Å². The average Bonchev–Trinajstić information content (AvgIpc) is 2.96. The Bertz CT molecular complexity index is 854. The van der Waals surface area contributed by atoms with Gasteiger partial charge in [0.15, 0.2) is 0 Å². The second kappa shape index (κ2) is 7.82. The van der Waals surface area contributed by atoms with Gasteiger partial charge in [-0.05, 0) is 79.8 Å². The molecule has 2 aromatic carbocycles. The molecule has 0 radical (unpaired) electrons. The first-order chi connectivity index (χ1) is 13.5. The van der Waals surface area contributed by atoms with E-state index in [1.54, 1.807) is 12.1 Å². The van der Waals surface area contributed by atoms with E-state index in [0.717, 1.165) is 43.4 Å². The smallest absolute Gasteiger partial charge is 0.254 e. The predicted octanol–water partition coefficient (Wildman–Crippen LogP) is 4.68. The van der Waals surface area contributed by atoms with Crippen LogP contribution in [0.15, 0.2) is 36.4 Å². The molecule has 0 spiro atoms. The number of amides is 1. The van der Waals surface area contributed by atoms with Crippen molar-refractivity contribution in [2.45, 2.75) is 39.2 Å². The van der Waals surface area contributed by atoms with Crippen molar-refractivity contribution in [3.05, 3.63) is 58.9 Å². The molecule has 28 heavy (non-hydrogen) atoms. The number of rotatable bonds is 5. The average molecular weight is 383 g/mol. The minimum Gasteiger partial charge on any atom is -0.508 e. The summed E-state index contributed by atoms with van der Waals surface area (Å²) in [7, 11) is 0. The molecule has 1 saturated carbocycles. The standard InChI is InChI=1S/C23H26FNO3/c1-15-8-19(24)10-21(9-15)28-14-17-4-2-16(3-5-17)12-25-13-18-6-7-20(26)11-22(18)23(25)27/h6-11,16-17,26H,2-5,12-14H2,1H3. The number of halogens is 1. The fourth-order valence-corrected chi connectivity index (χ4v) is 4.39. The normalized spacial score (nSPS) is 21.6. The summed E-state index contributed by atoms with van der Waals surface area (Å²) in [5.74, 6) is 1.48. The lowest BCUT2D eigenvalue weighted by Gasteiger charge is -2.31. The van der Waals surface area contributed by atoms with Crippen molar-refractivity contribution in [3.63, 3.8) is 0 Å². The third-order valence-electron chi connectivity index (χ3n) is 5.92. The highest BCUT2D eigenvalue weighted by atomic mass is 19.1. The molecule has 2 aromatic rings. The van der Waals surface area contributed by atoms with E-state index in [1.807, 2.05) is 24.0 Å². The molecule has 0 aromatic heterocycles. The van der Waals surface area contributed by atoms with Gasteiger partial charge < -0.3 is 14.7 Å². The molecule has 1 heterocycles. The number of fused-ring (bicyclic) bond motifs is 1. The van der Waals surface area contributed by atoms with Crippen LogP contribution >= 0.6 is 0 Å². The number of benzene rings is 2. The van der Waals surface area contributed by atoms with Crippen LogP contribution in [0.25, 0.3) is 0 Å². The summed E-state index contributed by atoms with van der Waals surface area (Å²) in [6.45, 7) is 3.88. The van der Waals surface area contributed by atoms with E-state index < -0.39 is 0 Å². The minimum absolute atomic E-state index is 0.0258. The number of carbonyl (C=O) groups is 1. The SMILES string of the molecule is Cc1cc(F)cc(OCC2CCC(CN3Cc4ccc(O)cc4C3=O)CC2)c1. The Balaban J connectivity index is 1.25. The van der Waals surface area contributed by atoms with E-state index in [1.165, 1.54) is 12.1 Å². The Morgan fingerprint density at radius 2 is 1.86 bits per heavy atom. The van der Waals surface area contributed by atoms with Crippen molar-refractivity contribution in [2.24, 2.45) is 11.8 Å². The van der Waals surface area contributed by atoms with Gasteiger partial charge in [0.25, 0.3) is 5.91 Å². The van der Waals surface area contributed by atoms with Crippen LogP contribution in [-0.2, 0) is 6.54 Å². The second-order valence-corrected chi connectivity index (χ2v) is 8.19. The van der Waals surface area contributed by atoms with Crippen molar-refractivity contribution >= 4 is 5.91 Å². The third kappa shape index (κ3) is 4.13. The molecule has 1 aliphatic heterocycles. The van der Waals surface area contributed by atoms with Crippen LogP contribution in [0.3, 0.4) is 0 Å². The maximum atomic E-state index is 13.5. The van der Waals surface area contributed by atoms with Gasteiger partial charge in [0.1, 0.15) is 17.3 Å². The molecule has 1 aliphatic carbocycles. The molecule has 148 valence electrons. The first-order valence-electron chi connectivity index (χ1n) is 9.99. The number of aromatic hydroxyl groups is 1. The monoisotopic (exact) mass is 383 g/mol. The van der Waals surface area contributed by atoms with Crippen LogP contribution in [0.4, 0.5) is 4.39 Å². The van der Waals surface area contributed by atoms with Crippen molar-refractivity contribution in [1.29, 1.82) is 0 Å². The van der Waals surface area contributed by atoms with E-state index in [2.05, 4.69) is 0 Å². The zero-order chi connectivity index (χ0) is 19.7. The minimum atomic E-state index is -0.261. The van der Waals surface area contributed by atoms with Gasteiger partial charge in [0.2, 0.25) is 0 Å². The summed E-state index contributed by atoms with van der Waals surface area (Å²) >= 11 is 0. The number of ether oxygens (including phenoxy) is 1. The summed E-state index contributed by atoms with van der Waals surface area (Å²) in [6, 6.07) is 9.85. The number of hydrogen-bond donors (Lipinski definition) is 1. The van der Waals surface area contributed by atoms with Crippen LogP contribution in [-0.4, -0.2) is 29.1 Å². The lowest BCUT2D eigenvalue weighted by molar-refractivity contribution is 0.0721. The molecular weight excluding hydrogens is 357 g/mol. The molecule has 1 amide bonds. The Labute approximate surface area is 164 Å². The van der Waals surface area contributed by atoms with Gasteiger partial charge in [-0.15, -0.1) is 0 Å². The largest absolute Gasteiger partial charge is 0.508 e. The number of phenolic OH excluding ortho intramolecular Hbond substituents is 1. The van der Waals surface area contributed by atoms with Gasteiger partial charge >= 0.3 is 0 Å². The number of phenols is 1. The molecular formula is C23H26FNO3. The van der Waals surface area contributed by atoms with Crippen LogP contribution in [0.1, 0.15) is 47.2 Å². The summed E-state index contributed by atoms with van der Waals surface area (Å²) in [5, 5.41) is 9.61. The number of aryl methyl sites for hydroxylation is 1. The predicted molar refractivity (Wildman–Crippen MR) is 105 cm³/mol. The van der Waals surface area contributed by atoms with Gasteiger partial charge in [-0.2, -0.15) is 0 Å². The molecule has 1 fully saturated rings. The second-order valence-electron chi connectivity index (χ2n) is 8.19. The lowest BCUT2D eigenvalue weighted by atomic mass is 9.82. The van der Waals surface area contributed by atoms with E-state index in [9.17, 15) is 14.3 Å². The Morgan fingerprint density at radius 1 is 1.11 bits per heavy atom. The lowest BCUT2D eigenvalue weighted by Crippen LogP contribution is -2.32. The summed E-state index contributed by atoms with van der Waals surface area (Å²) in [5.41, 5.74) is 2.49. The third-order valence-corrected chi connectivity index (χ3v) is 5.92. The maximum absolute atomic E-state index is 13.5. The molecule has 5 heteroatoms. The first-order valence-corrected chi connectivity index (χ1v) is 9.99.